The number of carbonyl (C=O) groups is 1. The van der Waals surface area contributed by atoms with Gasteiger partial charge in [0.1, 0.15) is 11.5 Å². The molecule has 0 saturated heterocycles. The van der Waals surface area contributed by atoms with Gasteiger partial charge in [0.2, 0.25) is 0 Å². The standard InChI is InChI=1S/C6H4FNO.FH.H2O.H2/c7-5-1-2-6(4-9)8-3-5;;;/h1-4H;1H;1H2;1H. The first-order chi connectivity index (χ1) is 4.33. The van der Waals surface area contributed by atoms with E-state index in [1.165, 1.54) is 12.1 Å². The molecule has 11 heavy (non-hydrogen) atoms. The first-order valence-corrected chi connectivity index (χ1v) is 2.39. The fraction of sp³-hybridized carbons (Fsp3) is 0. The van der Waals surface area contributed by atoms with Crippen LogP contribution in [0.3, 0.4) is 0 Å². The maximum absolute atomic E-state index is 12.0. The smallest absolute Gasteiger partial charge is 0.168 e. The lowest BCUT2D eigenvalue weighted by Crippen LogP contribution is -1.85. The first-order valence-electron chi connectivity index (χ1n) is 2.39. The molecular weight excluding hydrogens is 156 g/mol. The molecule has 0 spiro atoms. The molecule has 1 aromatic heterocycles. The zero-order valence-electron chi connectivity index (χ0n) is 5.45. The van der Waals surface area contributed by atoms with Crippen LogP contribution in [0.2, 0.25) is 0 Å². The summed E-state index contributed by atoms with van der Waals surface area (Å²) in [4.78, 5) is 13.4. The highest BCUT2D eigenvalue weighted by Gasteiger charge is 1.89. The Morgan fingerprint density at radius 2 is 2.18 bits per heavy atom. The number of rotatable bonds is 1. The van der Waals surface area contributed by atoms with Gasteiger partial charge in [0.05, 0.1) is 6.20 Å². The van der Waals surface area contributed by atoms with E-state index < -0.39 is 5.82 Å². The van der Waals surface area contributed by atoms with Crippen molar-refractivity contribution in [1.82, 2.24) is 4.98 Å². The Hall–Kier alpha value is -1.36. The van der Waals surface area contributed by atoms with E-state index in [1.807, 2.05) is 0 Å². The van der Waals surface area contributed by atoms with Gasteiger partial charge >= 0.3 is 0 Å². The van der Waals surface area contributed by atoms with E-state index >= 15 is 0 Å². The van der Waals surface area contributed by atoms with E-state index in [9.17, 15) is 9.18 Å². The number of halogens is 2. The molecule has 0 amide bonds. The van der Waals surface area contributed by atoms with Gasteiger partial charge in [-0.25, -0.2) is 4.39 Å². The van der Waals surface area contributed by atoms with E-state index in [-0.39, 0.29) is 17.3 Å². The Kier molecular flexibility index (Phi) is 6.08. The van der Waals surface area contributed by atoms with Gasteiger partial charge in [-0.05, 0) is 12.1 Å². The molecule has 1 heterocycles. The molecule has 2 N–H and O–H groups in total. The predicted octanol–water partition coefficient (Wildman–Crippen LogP) is 0.607. The molecule has 5 heteroatoms. The number of carbonyl (C=O) groups excluding carboxylic acids is 1. The third-order valence-electron chi connectivity index (χ3n) is 0.871. The Morgan fingerprint density at radius 3 is 2.55 bits per heavy atom. The lowest BCUT2D eigenvalue weighted by atomic mass is 10.4. The average molecular weight is 165 g/mol. The van der Waals surface area contributed by atoms with E-state index in [0.29, 0.717) is 6.29 Å². The van der Waals surface area contributed by atoms with E-state index in [2.05, 4.69) is 4.98 Å². The number of nitrogens with zero attached hydrogens (tertiary/aromatic N) is 1. The molecule has 3 nitrogen and oxygen atoms in total. The molecule has 1 aromatic rings. The Labute approximate surface area is 63.0 Å². The quantitative estimate of drug-likeness (QED) is 0.572. The molecule has 0 fully saturated rings. The molecule has 1 rings (SSSR count). The summed E-state index contributed by atoms with van der Waals surface area (Å²) < 4.78 is 12.0. The Balaban J connectivity index is -0.000000270. The normalized spacial score (nSPS) is 7.36. The number of pyridine rings is 1. The summed E-state index contributed by atoms with van der Waals surface area (Å²) in [6.45, 7) is 0. The molecule has 0 saturated carbocycles. The summed E-state index contributed by atoms with van der Waals surface area (Å²) in [5.74, 6) is -0.430. The van der Waals surface area contributed by atoms with Crippen molar-refractivity contribution in [1.29, 1.82) is 0 Å². The summed E-state index contributed by atoms with van der Waals surface area (Å²) in [6.07, 6.45) is 1.57. The van der Waals surface area contributed by atoms with Crippen LogP contribution in [0, 0.1) is 5.82 Å². The van der Waals surface area contributed by atoms with Gasteiger partial charge in [0.25, 0.3) is 0 Å². The highest BCUT2D eigenvalue weighted by molar-refractivity contribution is 5.71. The zero-order chi connectivity index (χ0) is 6.69. The highest BCUT2D eigenvalue weighted by Crippen LogP contribution is 1.93. The van der Waals surface area contributed by atoms with Gasteiger partial charge in [0.15, 0.2) is 6.29 Å². The number of hydrogen-bond acceptors (Lipinski definition) is 2. The molecule has 0 bridgehead atoms. The SMILES string of the molecule is F.O.O=Cc1ccc(F)cn1.[HH]. The van der Waals surface area contributed by atoms with Crippen molar-refractivity contribution >= 4 is 6.29 Å². The topological polar surface area (TPSA) is 61.5 Å². The molecule has 0 aromatic carbocycles. The minimum Gasteiger partial charge on any atom is -0.412 e. The van der Waals surface area contributed by atoms with Crippen LogP contribution in [0.25, 0.3) is 0 Å². The van der Waals surface area contributed by atoms with Crippen molar-refractivity contribution in [3.05, 3.63) is 29.8 Å². The predicted molar refractivity (Wildman–Crippen MR) is 37.8 cm³/mol. The van der Waals surface area contributed by atoms with Crippen LogP contribution < -0.4 is 0 Å². The number of aldehydes is 1. The van der Waals surface area contributed by atoms with Crippen LogP contribution in [-0.2, 0) is 0 Å². The maximum atomic E-state index is 12.0. The van der Waals surface area contributed by atoms with Crippen molar-refractivity contribution in [2.24, 2.45) is 0 Å². The van der Waals surface area contributed by atoms with E-state index in [0.717, 1.165) is 6.20 Å². The van der Waals surface area contributed by atoms with Gasteiger partial charge in [-0.3, -0.25) is 14.5 Å². The summed E-state index contributed by atoms with van der Waals surface area (Å²) in [7, 11) is 0. The van der Waals surface area contributed by atoms with Crippen LogP contribution in [0.1, 0.15) is 11.9 Å². The zero-order valence-corrected chi connectivity index (χ0v) is 5.45. The van der Waals surface area contributed by atoms with Crippen molar-refractivity contribution in [2.75, 3.05) is 0 Å². The molecule has 0 unspecified atom stereocenters. The second-order valence-corrected chi connectivity index (χ2v) is 1.52. The minimum absolute atomic E-state index is 0. The molecule has 0 radical (unpaired) electrons. The molecule has 0 aliphatic carbocycles. The monoisotopic (exact) mass is 165 g/mol. The number of aromatic nitrogens is 1. The molecule has 64 valence electrons. The second kappa shape index (κ2) is 5.43. The Bertz CT molecular complexity index is 217. The summed E-state index contributed by atoms with van der Waals surface area (Å²) >= 11 is 0. The molecule has 0 aliphatic rings. The number of hydrogen-bond donors (Lipinski definition) is 0. The van der Waals surface area contributed by atoms with Crippen molar-refractivity contribution < 1.29 is 20.8 Å². The first kappa shape index (κ1) is 12.3. The lowest BCUT2D eigenvalue weighted by molar-refractivity contribution is 0.111. The second-order valence-electron chi connectivity index (χ2n) is 1.52. The van der Waals surface area contributed by atoms with Crippen LogP contribution in [0.4, 0.5) is 9.09 Å². The third kappa shape index (κ3) is 3.36. The summed E-state index contributed by atoms with van der Waals surface area (Å²) in [5, 5.41) is 0. The van der Waals surface area contributed by atoms with Crippen LogP contribution in [-0.4, -0.2) is 16.7 Å². The summed E-state index contributed by atoms with van der Waals surface area (Å²) in [5.41, 5.74) is 0.247. The molecule has 0 aliphatic heterocycles. The maximum Gasteiger partial charge on any atom is 0.168 e. The molecular formula is C6H9F2NO2. The average Bonchev–Trinajstić information content (AvgIpc) is 1.90. The van der Waals surface area contributed by atoms with Gasteiger partial charge in [0, 0.05) is 1.43 Å². The van der Waals surface area contributed by atoms with Crippen molar-refractivity contribution in [2.45, 2.75) is 0 Å². The van der Waals surface area contributed by atoms with Gasteiger partial charge in [-0.2, -0.15) is 0 Å². The molecule has 0 atom stereocenters. The van der Waals surface area contributed by atoms with Crippen molar-refractivity contribution in [3.8, 4) is 0 Å². The Morgan fingerprint density at radius 1 is 1.55 bits per heavy atom. The van der Waals surface area contributed by atoms with Gasteiger partial charge in [-0.1, -0.05) is 0 Å². The highest BCUT2D eigenvalue weighted by atomic mass is 19.1. The fourth-order valence-corrected chi connectivity index (χ4v) is 0.457. The van der Waals surface area contributed by atoms with E-state index in [1.54, 1.807) is 0 Å². The fourth-order valence-electron chi connectivity index (χ4n) is 0.457. The minimum atomic E-state index is -0.430. The third-order valence-corrected chi connectivity index (χ3v) is 0.871. The van der Waals surface area contributed by atoms with Crippen molar-refractivity contribution in [3.63, 3.8) is 0 Å². The largest absolute Gasteiger partial charge is 0.412 e. The van der Waals surface area contributed by atoms with Crippen LogP contribution in [0.15, 0.2) is 18.3 Å². The van der Waals surface area contributed by atoms with E-state index in [4.69, 9.17) is 0 Å². The summed E-state index contributed by atoms with van der Waals surface area (Å²) in [6, 6.07) is 2.51. The van der Waals surface area contributed by atoms with Crippen LogP contribution in [0.5, 0.6) is 0 Å². The van der Waals surface area contributed by atoms with Gasteiger partial charge in [-0.15, -0.1) is 0 Å². The van der Waals surface area contributed by atoms with Crippen LogP contribution >= 0.6 is 0 Å². The van der Waals surface area contributed by atoms with Gasteiger partial charge < -0.3 is 5.48 Å². The lowest BCUT2D eigenvalue weighted by Gasteiger charge is -1.85.